The lowest BCUT2D eigenvalue weighted by atomic mass is 9.72. The molecule has 0 radical (unpaired) electrons. The van der Waals surface area contributed by atoms with Crippen molar-refractivity contribution in [3.05, 3.63) is 0 Å². The van der Waals surface area contributed by atoms with Gasteiger partial charge in [0.2, 0.25) is 0 Å². The largest absolute Gasteiger partial charge is 0.309 e. The number of hydrogen-bond donors (Lipinski definition) is 0. The van der Waals surface area contributed by atoms with Gasteiger partial charge in [-0.05, 0) is 83.1 Å². The highest BCUT2D eigenvalue weighted by atomic mass is 15.2. The molecule has 2 bridgehead atoms. The molecular formula is C15H28N2. The number of nitrogens with zero attached hydrogens (tertiary/aromatic N) is 2. The minimum Gasteiger partial charge on any atom is -0.309 e. The Bertz CT molecular complexity index is 276. The number of hydrogen-bond acceptors (Lipinski definition) is 2. The van der Waals surface area contributed by atoms with Crippen molar-refractivity contribution >= 4 is 0 Å². The standard InChI is InChI=1S/C15H28N2/c1-16(2)7-3-8-17-9-6-15(12-17)11-13-4-5-14(15)10-13/h13-14H,3-12H2,1-2H3. The molecule has 0 aromatic rings. The van der Waals surface area contributed by atoms with Crippen molar-refractivity contribution in [2.24, 2.45) is 17.3 Å². The Morgan fingerprint density at radius 2 is 2.18 bits per heavy atom. The molecule has 0 aromatic heterocycles. The van der Waals surface area contributed by atoms with Crippen LogP contribution in [0.5, 0.6) is 0 Å². The molecule has 3 fully saturated rings. The third-order valence-electron chi connectivity index (χ3n) is 5.65. The van der Waals surface area contributed by atoms with E-state index in [-0.39, 0.29) is 0 Å². The number of rotatable bonds is 4. The zero-order valence-electron chi connectivity index (χ0n) is 11.6. The van der Waals surface area contributed by atoms with Crippen LogP contribution in [0.15, 0.2) is 0 Å². The summed E-state index contributed by atoms with van der Waals surface area (Å²) in [4.78, 5) is 5.06. The lowest BCUT2D eigenvalue weighted by Crippen LogP contribution is -2.33. The van der Waals surface area contributed by atoms with Gasteiger partial charge in [0, 0.05) is 6.54 Å². The first-order chi connectivity index (χ1) is 8.18. The summed E-state index contributed by atoms with van der Waals surface area (Å²) in [5.41, 5.74) is 0.779. The van der Waals surface area contributed by atoms with Gasteiger partial charge in [-0.2, -0.15) is 0 Å². The number of likely N-dealkylation sites (tertiary alicyclic amines) is 1. The third-order valence-corrected chi connectivity index (χ3v) is 5.65. The summed E-state index contributed by atoms with van der Waals surface area (Å²) >= 11 is 0. The van der Waals surface area contributed by atoms with Gasteiger partial charge in [-0.1, -0.05) is 6.42 Å². The highest BCUT2D eigenvalue weighted by Gasteiger charge is 2.53. The van der Waals surface area contributed by atoms with Crippen molar-refractivity contribution in [3.8, 4) is 0 Å². The second kappa shape index (κ2) is 4.55. The summed E-state index contributed by atoms with van der Waals surface area (Å²) in [5, 5.41) is 0. The molecule has 3 aliphatic rings. The van der Waals surface area contributed by atoms with E-state index in [1.54, 1.807) is 25.7 Å². The van der Waals surface area contributed by atoms with Crippen LogP contribution in [-0.4, -0.2) is 50.1 Å². The zero-order chi connectivity index (χ0) is 11.9. The topological polar surface area (TPSA) is 6.48 Å². The van der Waals surface area contributed by atoms with E-state index in [2.05, 4.69) is 23.9 Å². The first kappa shape index (κ1) is 12.0. The van der Waals surface area contributed by atoms with Gasteiger partial charge >= 0.3 is 0 Å². The second-order valence-corrected chi connectivity index (χ2v) is 7.13. The van der Waals surface area contributed by atoms with E-state index in [0.717, 1.165) is 17.3 Å². The molecular weight excluding hydrogens is 208 g/mol. The van der Waals surface area contributed by atoms with Crippen LogP contribution < -0.4 is 0 Å². The highest BCUT2D eigenvalue weighted by molar-refractivity contribution is 5.04. The average molecular weight is 236 g/mol. The van der Waals surface area contributed by atoms with Gasteiger partial charge in [-0.15, -0.1) is 0 Å². The second-order valence-electron chi connectivity index (χ2n) is 7.13. The molecule has 98 valence electrons. The third kappa shape index (κ3) is 2.26. The van der Waals surface area contributed by atoms with E-state index >= 15 is 0 Å². The molecule has 0 amide bonds. The van der Waals surface area contributed by atoms with Gasteiger partial charge in [0.25, 0.3) is 0 Å². The minimum atomic E-state index is 0.779. The maximum absolute atomic E-state index is 2.75. The van der Waals surface area contributed by atoms with E-state index in [1.807, 2.05) is 0 Å². The molecule has 2 nitrogen and oxygen atoms in total. The Labute approximate surface area is 106 Å². The Kier molecular flexibility index (Phi) is 3.20. The van der Waals surface area contributed by atoms with Gasteiger partial charge < -0.3 is 9.80 Å². The van der Waals surface area contributed by atoms with Crippen LogP contribution in [0, 0.1) is 17.3 Å². The average Bonchev–Trinajstić information content (AvgIpc) is 2.94. The molecule has 1 aliphatic heterocycles. The Balaban J connectivity index is 1.49. The number of fused-ring (bicyclic) bond motifs is 3. The van der Waals surface area contributed by atoms with Crippen molar-refractivity contribution in [1.82, 2.24) is 9.80 Å². The lowest BCUT2D eigenvalue weighted by molar-refractivity contribution is 0.162. The molecule has 2 saturated carbocycles. The Morgan fingerprint density at radius 1 is 1.29 bits per heavy atom. The van der Waals surface area contributed by atoms with Gasteiger partial charge in [-0.25, -0.2) is 0 Å². The highest BCUT2D eigenvalue weighted by Crippen LogP contribution is 2.59. The van der Waals surface area contributed by atoms with Crippen molar-refractivity contribution in [3.63, 3.8) is 0 Å². The normalized spacial score (nSPS) is 41.1. The molecule has 17 heavy (non-hydrogen) atoms. The van der Waals surface area contributed by atoms with E-state index in [4.69, 9.17) is 0 Å². The lowest BCUT2D eigenvalue weighted by Gasteiger charge is -2.34. The SMILES string of the molecule is CN(C)CCCN1CCC2(CC3CCC2C3)C1. The van der Waals surface area contributed by atoms with Crippen molar-refractivity contribution in [2.75, 3.05) is 40.3 Å². The molecule has 3 unspecified atom stereocenters. The van der Waals surface area contributed by atoms with E-state index in [9.17, 15) is 0 Å². The molecule has 3 atom stereocenters. The summed E-state index contributed by atoms with van der Waals surface area (Å²) < 4.78 is 0. The van der Waals surface area contributed by atoms with E-state index in [1.165, 1.54) is 39.0 Å². The van der Waals surface area contributed by atoms with Crippen LogP contribution in [0.25, 0.3) is 0 Å². The zero-order valence-corrected chi connectivity index (χ0v) is 11.6. The molecule has 3 rings (SSSR count). The van der Waals surface area contributed by atoms with Crippen molar-refractivity contribution in [2.45, 2.75) is 38.5 Å². The molecule has 1 saturated heterocycles. The Hall–Kier alpha value is -0.0800. The van der Waals surface area contributed by atoms with Crippen molar-refractivity contribution < 1.29 is 0 Å². The predicted octanol–water partition coefficient (Wildman–Crippen LogP) is 2.45. The Morgan fingerprint density at radius 3 is 2.82 bits per heavy atom. The van der Waals surface area contributed by atoms with Gasteiger partial charge in [0.05, 0.1) is 0 Å². The van der Waals surface area contributed by atoms with Crippen LogP contribution in [0.1, 0.15) is 38.5 Å². The van der Waals surface area contributed by atoms with Gasteiger partial charge in [0.15, 0.2) is 0 Å². The van der Waals surface area contributed by atoms with Gasteiger partial charge in [0.1, 0.15) is 0 Å². The molecule has 0 N–H and O–H groups in total. The minimum absolute atomic E-state index is 0.779. The summed E-state index contributed by atoms with van der Waals surface area (Å²) in [6.45, 7) is 5.39. The molecule has 1 heterocycles. The predicted molar refractivity (Wildman–Crippen MR) is 72.1 cm³/mol. The van der Waals surface area contributed by atoms with Crippen LogP contribution in [0.3, 0.4) is 0 Å². The molecule has 2 heteroatoms. The fraction of sp³-hybridized carbons (Fsp3) is 1.00. The van der Waals surface area contributed by atoms with E-state index < -0.39 is 0 Å². The molecule has 1 spiro atoms. The fourth-order valence-electron chi connectivity index (χ4n) is 4.84. The smallest absolute Gasteiger partial charge is 0.00412 e. The molecule has 2 aliphatic carbocycles. The van der Waals surface area contributed by atoms with Crippen LogP contribution in [-0.2, 0) is 0 Å². The maximum atomic E-state index is 2.75. The van der Waals surface area contributed by atoms with Crippen LogP contribution in [0.4, 0.5) is 0 Å². The van der Waals surface area contributed by atoms with E-state index in [0.29, 0.717) is 0 Å². The summed E-state index contributed by atoms with van der Waals surface area (Å²) in [6.07, 6.45) is 9.10. The molecule has 0 aromatic carbocycles. The first-order valence-corrected chi connectivity index (χ1v) is 7.55. The van der Waals surface area contributed by atoms with Crippen LogP contribution in [0.2, 0.25) is 0 Å². The maximum Gasteiger partial charge on any atom is 0.00412 e. The van der Waals surface area contributed by atoms with Crippen molar-refractivity contribution in [1.29, 1.82) is 0 Å². The fourth-order valence-corrected chi connectivity index (χ4v) is 4.84. The van der Waals surface area contributed by atoms with Crippen LogP contribution >= 0.6 is 0 Å². The summed E-state index contributed by atoms with van der Waals surface area (Å²) in [6, 6.07) is 0. The van der Waals surface area contributed by atoms with Gasteiger partial charge in [-0.3, -0.25) is 0 Å². The summed E-state index contributed by atoms with van der Waals surface area (Å²) in [5.74, 6) is 2.22. The summed E-state index contributed by atoms with van der Waals surface area (Å²) in [7, 11) is 4.36. The quantitative estimate of drug-likeness (QED) is 0.740. The monoisotopic (exact) mass is 236 g/mol. The first-order valence-electron chi connectivity index (χ1n) is 7.55.